The Hall–Kier alpha value is -2.38. The van der Waals surface area contributed by atoms with Crippen LogP contribution >= 0.6 is 23.2 Å². The van der Waals surface area contributed by atoms with Crippen LogP contribution in [0.5, 0.6) is 5.75 Å². The predicted octanol–water partition coefficient (Wildman–Crippen LogP) is 6.77. The van der Waals surface area contributed by atoms with E-state index in [1.54, 1.807) is 41.3 Å². The van der Waals surface area contributed by atoms with Crippen molar-refractivity contribution in [3.63, 3.8) is 0 Å². The van der Waals surface area contributed by atoms with Crippen LogP contribution < -0.4 is 4.74 Å². The van der Waals surface area contributed by atoms with Crippen LogP contribution in [0.1, 0.15) is 37.7 Å². The van der Waals surface area contributed by atoms with Gasteiger partial charge in [0.1, 0.15) is 5.75 Å². The number of amides is 1. The zero-order valence-electron chi connectivity index (χ0n) is 18.7. The molecule has 9 heteroatoms. The molecule has 1 heterocycles. The molecule has 0 spiro atoms. The molecule has 0 N–H and O–H groups in total. The van der Waals surface area contributed by atoms with E-state index in [1.807, 2.05) is 0 Å². The molecular formula is C25H25Cl2F2NO4. The molecule has 0 radical (unpaired) electrons. The maximum Gasteiger partial charge on any atom is 0.513 e. The fourth-order valence-electron chi connectivity index (χ4n) is 4.72. The van der Waals surface area contributed by atoms with Crippen molar-refractivity contribution >= 4 is 35.3 Å². The summed E-state index contributed by atoms with van der Waals surface area (Å²) in [6.45, 7) is 0.576. The maximum absolute atomic E-state index is 13.5. The van der Waals surface area contributed by atoms with Crippen molar-refractivity contribution in [2.45, 2.75) is 50.5 Å². The lowest BCUT2D eigenvalue weighted by Gasteiger charge is -2.34. The highest BCUT2D eigenvalue weighted by molar-refractivity contribution is 6.36. The van der Waals surface area contributed by atoms with E-state index in [0.717, 1.165) is 11.1 Å². The average molecular weight is 512 g/mol. The summed E-state index contributed by atoms with van der Waals surface area (Å²) in [7, 11) is 1.23. The second kappa shape index (κ2) is 10.1. The summed E-state index contributed by atoms with van der Waals surface area (Å²) in [6, 6.07) is 10.3. The van der Waals surface area contributed by atoms with E-state index in [9.17, 15) is 18.4 Å². The molecule has 1 amide bonds. The smallest absolute Gasteiger partial charge is 0.437 e. The molecule has 1 saturated heterocycles. The normalized spacial score (nSPS) is 20.4. The summed E-state index contributed by atoms with van der Waals surface area (Å²) >= 11 is 13.1. The fraction of sp³-hybridized carbons (Fsp3) is 0.440. The Morgan fingerprint density at radius 3 is 2.26 bits per heavy atom. The molecule has 34 heavy (non-hydrogen) atoms. The Kier molecular flexibility index (Phi) is 7.33. The Morgan fingerprint density at radius 1 is 1.06 bits per heavy atom. The zero-order valence-corrected chi connectivity index (χ0v) is 20.2. The summed E-state index contributed by atoms with van der Waals surface area (Å²) in [5, 5.41) is 0.918. The number of methoxy groups -OCH3 is 1. The van der Waals surface area contributed by atoms with Gasteiger partial charge in [-0.2, -0.15) is 0 Å². The van der Waals surface area contributed by atoms with Gasteiger partial charge in [-0.3, -0.25) is 4.79 Å². The predicted molar refractivity (Wildman–Crippen MR) is 126 cm³/mol. The van der Waals surface area contributed by atoms with Gasteiger partial charge in [0.15, 0.2) is 0 Å². The lowest BCUT2D eigenvalue weighted by molar-refractivity contribution is -0.135. The lowest BCUT2D eigenvalue weighted by atomic mass is 9.91. The van der Waals surface area contributed by atoms with Crippen molar-refractivity contribution in [2.24, 2.45) is 5.92 Å². The summed E-state index contributed by atoms with van der Waals surface area (Å²) in [5.41, 5.74) is 2.31. The van der Waals surface area contributed by atoms with Crippen LogP contribution in [0.15, 0.2) is 36.4 Å². The molecule has 2 aliphatic rings. The van der Waals surface area contributed by atoms with Crippen molar-refractivity contribution in [1.82, 2.24) is 4.90 Å². The minimum Gasteiger partial charge on any atom is -0.437 e. The first kappa shape index (κ1) is 24.7. The molecule has 0 aromatic heterocycles. The Morgan fingerprint density at radius 2 is 1.68 bits per heavy atom. The molecule has 2 fully saturated rings. The number of nitrogens with zero attached hydrogens (tertiary/aromatic N) is 1. The topological polar surface area (TPSA) is 55.8 Å². The van der Waals surface area contributed by atoms with E-state index >= 15 is 0 Å². The van der Waals surface area contributed by atoms with Crippen LogP contribution in [0.25, 0.3) is 11.1 Å². The number of halogens is 4. The highest BCUT2D eigenvalue weighted by atomic mass is 35.5. The zero-order chi connectivity index (χ0) is 24.5. The van der Waals surface area contributed by atoms with Gasteiger partial charge in [-0.25, -0.2) is 13.6 Å². The van der Waals surface area contributed by atoms with E-state index in [0.29, 0.717) is 53.6 Å². The van der Waals surface area contributed by atoms with Gasteiger partial charge in [0.25, 0.3) is 0 Å². The van der Waals surface area contributed by atoms with Gasteiger partial charge < -0.3 is 14.4 Å². The largest absolute Gasteiger partial charge is 0.513 e. The number of rotatable bonds is 5. The molecule has 1 saturated carbocycles. The number of ether oxygens (including phenoxy) is 2. The van der Waals surface area contributed by atoms with Gasteiger partial charge in [0, 0.05) is 41.4 Å². The number of carbonyl (C=O) groups is 2. The van der Waals surface area contributed by atoms with E-state index in [-0.39, 0.29) is 30.7 Å². The molecule has 1 aliphatic carbocycles. The number of hydrogen-bond acceptors (Lipinski definition) is 4. The molecule has 2 aromatic carbocycles. The average Bonchev–Trinajstić information content (AvgIpc) is 3.16. The van der Waals surface area contributed by atoms with Crippen molar-refractivity contribution < 1.29 is 27.8 Å². The SMILES string of the molecule is COC(=O)Oc1ccc(-c2cc(Cl)c(C[C@@H]3CCN(C4CCC(F)(F)CC4)C3=O)c(Cl)c2)cc1. The van der Waals surface area contributed by atoms with E-state index < -0.39 is 12.1 Å². The van der Waals surface area contributed by atoms with Crippen LogP contribution in [0.4, 0.5) is 13.6 Å². The lowest BCUT2D eigenvalue weighted by Crippen LogP contribution is -2.42. The molecule has 4 rings (SSSR count). The van der Waals surface area contributed by atoms with Crippen LogP contribution in [0.2, 0.25) is 10.0 Å². The maximum atomic E-state index is 13.5. The Labute approximate surface area is 206 Å². The van der Waals surface area contributed by atoms with Crippen LogP contribution in [-0.2, 0) is 16.0 Å². The standard InChI is InChI=1S/C25H25Cl2F2NO4/c1-33-24(32)34-19-4-2-15(3-5-19)17-13-21(26)20(22(27)14-17)12-16-8-11-30(23(16)31)18-6-9-25(28,29)10-7-18/h2-5,13-14,16,18H,6-12H2,1H3/t16-/m0/s1. The number of benzene rings is 2. The first-order valence-electron chi connectivity index (χ1n) is 11.2. The Bertz CT molecular complexity index is 1040. The van der Waals surface area contributed by atoms with E-state index in [1.165, 1.54) is 7.11 Å². The summed E-state index contributed by atoms with van der Waals surface area (Å²) in [5.74, 6) is -2.54. The summed E-state index contributed by atoms with van der Waals surface area (Å²) < 4.78 is 36.4. The molecule has 1 aliphatic heterocycles. The molecule has 182 valence electrons. The van der Waals surface area contributed by atoms with Gasteiger partial charge in [-0.15, -0.1) is 0 Å². The summed E-state index contributed by atoms with van der Waals surface area (Å²) in [4.78, 5) is 26.0. The minimum atomic E-state index is -2.61. The van der Waals surface area contributed by atoms with Gasteiger partial charge in [0.2, 0.25) is 11.8 Å². The van der Waals surface area contributed by atoms with Crippen molar-refractivity contribution in [3.05, 3.63) is 52.0 Å². The highest BCUT2D eigenvalue weighted by Crippen LogP contribution is 2.39. The summed E-state index contributed by atoms with van der Waals surface area (Å²) in [6.07, 6.45) is 0.604. The number of alkyl halides is 2. The third-order valence-corrected chi connectivity index (χ3v) is 7.30. The van der Waals surface area contributed by atoms with Crippen molar-refractivity contribution in [3.8, 4) is 16.9 Å². The number of hydrogen-bond donors (Lipinski definition) is 0. The number of likely N-dealkylation sites (tertiary alicyclic amines) is 1. The number of carbonyl (C=O) groups excluding carboxylic acids is 2. The fourth-order valence-corrected chi connectivity index (χ4v) is 5.36. The molecule has 0 bridgehead atoms. The van der Waals surface area contributed by atoms with Crippen LogP contribution in [-0.4, -0.2) is 42.6 Å². The molecule has 0 unspecified atom stereocenters. The quantitative estimate of drug-likeness (QED) is 0.328. The molecule has 1 atom stereocenters. The van der Waals surface area contributed by atoms with Gasteiger partial charge in [-0.05, 0) is 66.6 Å². The van der Waals surface area contributed by atoms with Crippen molar-refractivity contribution in [1.29, 1.82) is 0 Å². The van der Waals surface area contributed by atoms with Crippen LogP contribution in [0, 0.1) is 5.92 Å². The monoisotopic (exact) mass is 511 g/mol. The second-order valence-corrected chi connectivity index (χ2v) is 9.62. The first-order valence-corrected chi connectivity index (χ1v) is 11.9. The minimum absolute atomic E-state index is 0.00683. The molecule has 5 nitrogen and oxygen atoms in total. The molecular weight excluding hydrogens is 487 g/mol. The Balaban J connectivity index is 1.44. The van der Waals surface area contributed by atoms with Crippen molar-refractivity contribution in [2.75, 3.05) is 13.7 Å². The third-order valence-electron chi connectivity index (χ3n) is 6.63. The second-order valence-electron chi connectivity index (χ2n) is 8.81. The first-order chi connectivity index (χ1) is 16.2. The van der Waals surface area contributed by atoms with Gasteiger partial charge in [0.05, 0.1) is 7.11 Å². The molecule has 2 aromatic rings. The highest BCUT2D eigenvalue weighted by Gasteiger charge is 2.42. The van der Waals surface area contributed by atoms with Gasteiger partial charge in [-0.1, -0.05) is 35.3 Å². The third kappa shape index (κ3) is 5.47. The van der Waals surface area contributed by atoms with Crippen LogP contribution in [0.3, 0.4) is 0 Å². The van der Waals surface area contributed by atoms with E-state index in [2.05, 4.69) is 4.74 Å². The van der Waals surface area contributed by atoms with Gasteiger partial charge >= 0.3 is 6.16 Å². The van der Waals surface area contributed by atoms with E-state index in [4.69, 9.17) is 27.9 Å².